The van der Waals surface area contributed by atoms with Gasteiger partial charge in [0.25, 0.3) is 5.91 Å². The van der Waals surface area contributed by atoms with Gasteiger partial charge in [0.2, 0.25) is 0 Å². The van der Waals surface area contributed by atoms with Gasteiger partial charge >= 0.3 is 6.18 Å². The van der Waals surface area contributed by atoms with Crippen LogP contribution in [0.15, 0.2) is 48.5 Å². The zero-order chi connectivity index (χ0) is 19.2. The van der Waals surface area contributed by atoms with Crippen molar-refractivity contribution in [3.8, 4) is 11.5 Å². The molecule has 0 saturated carbocycles. The highest BCUT2D eigenvalue weighted by Crippen LogP contribution is 2.34. The Kier molecular flexibility index (Phi) is 6.46. The second kappa shape index (κ2) is 8.57. The lowest BCUT2D eigenvalue weighted by molar-refractivity contribution is -0.139. The number of ether oxygens (including phenoxy) is 2. The summed E-state index contributed by atoms with van der Waals surface area (Å²) in [6.45, 7) is -0.741. The lowest BCUT2D eigenvalue weighted by Crippen LogP contribution is -2.33. The third kappa shape index (κ3) is 5.13. The maximum absolute atomic E-state index is 13.0. The average molecular weight is 369 g/mol. The SMILES string of the molecule is COc1ccccc1OCC(=O)NC[C@@H](O)c1ccccc1C(F)(F)F. The fourth-order valence-corrected chi connectivity index (χ4v) is 2.30. The molecule has 2 aromatic rings. The van der Waals surface area contributed by atoms with Crippen molar-refractivity contribution in [1.82, 2.24) is 5.32 Å². The van der Waals surface area contributed by atoms with Crippen LogP contribution in [0.25, 0.3) is 0 Å². The number of halogens is 3. The Morgan fingerprint density at radius 3 is 2.38 bits per heavy atom. The van der Waals surface area contributed by atoms with Gasteiger partial charge in [0.05, 0.1) is 18.8 Å². The van der Waals surface area contributed by atoms with Gasteiger partial charge in [-0.05, 0) is 23.8 Å². The number of hydrogen-bond donors (Lipinski definition) is 2. The number of carbonyl (C=O) groups is 1. The molecule has 0 saturated heterocycles. The van der Waals surface area contributed by atoms with Crippen LogP contribution in [0.4, 0.5) is 13.2 Å². The fraction of sp³-hybridized carbons (Fsp3) is 0.278. The fourth-order valence-electron chi connectivity index (χ4n) is 2.30. The van der Waals surface area contributed by atoms with E-state index in [9.17, 15) is 23.1 Å². The van der Waals surface area contributed by atoms with Crippen molar-refractivity contribution in [1.29, 1.82) is 0 Å². The first-order chi connectivity index (χ1) is 12.3. The van der Waals surface area contributed by atoms with E-state index in [1.165, 1.54) is 25.3 Å². The first-order valence-corrected chi connectivity index (χ1v) is 7.69. The minimum atomic E-state index is -4.59. The summed E-state index contributed by atoms with van der Waals surface area (Å²) in [4.78, 5) is 11.8. The van der Waals surface area contributed by atoms with Gasteiger partial charge in [-0.2, -0.15) is 13.2 Å². The van der Waals surface area contributed by atoms with E-state index in [1.54, 1.807) is 24.3 Å². The highest BCUT2D eigenvalue weighted by Gasteiger charge is 2.34. The third-order valence-electron chi connectivity index (χ3n) is 3.55. The number of nitrogens with one attached hydrogen (secondary N) is 1. The highest BCUT2D eigenvalue weighted by atomic mass is 19.4. The van der Waals surface area contributed by atoms with Crippen molar-refractivity contribution < 1.29 is 32.5 Å². The third-order valence-corrected chi connectivity index (χ3v) is 3.55. The van der Waals surface area contributed by atoms with Gasteiger partial charge in [0, 0.05) is 6.54 Å². The van der Waals surface area contributed by atoms with Gasteiger partial charge < -0.3 is 19.9 Å². The Bertz CT molecular complexity index is 749. The van der Waals surface area contributed by atoms with E-state index in [-0.39, 0.29) is 18.7 Å². The van der Waals surface area contributed by atoms with E-state index >= 15 is 0 Å². The number of rotatable bonds is 7. The summed E-state index contributed by atoms with van der Waals surface area (Å²) in [6.07, 6.45) is -6.09. The van der Waals surface area contributed by atoms with E-state index < -0.39 is 23.8 Å². The molecule has 1 atom stereocenters. The number of hydrogen-bond acceptors (Lipinski definition) is 4. The maximum Gasteiger partial charge on any atom is 0.416 e. The summed E-state index contributed by atoms with van der Waals surface area (Å²) < 4.78 is 49.3. The molecule has 0 fully saturated rings. The lowest BCUT2D eigenvalue weighted by atomic mass is 10.0. The molecule has 2 rings (SSSR count). The van der Waals surface area contributed by atoms with Crippen LogP contribution in [-0.2, 0) is 11.0 Å². The molecule has 2 N–H and O–H groups in total. The summed E-state index contributed by atoms with van der Waals surface area (Å²) in [7, 11) is 1.46. The van der Waals surface area contributed by atoms with Crippen LogP contribution in [0.1, 0.15) is 17.2 Å². The number of benzene rings is 2. The van der Waals surface area contributed by atoms with Gasteiger partial charge in [-0.3, -0.25) is 4.79 Å². The van der Waals surface area contributed by atoms with E-state index in [4.69, 9.17) is 9.47 Å². The number of para-hydroxylation sites is 2. The largest absolute Gasteiger partial charge is 0.493 e. The molecule has 0 radical (unpaired) electrons. The molecular formula is C18H18F3NO4. The number of alkyl halides is 3. The van der Waals surface area contributed by atoms with Crippen LogP contribution in [0, 0.1) is 0 Å². The van der Waals surface area contributed by atoms with Crippen molar-refractivity contribution in [2.45, 2.75) is 12.3 Å². The van der Waals surface area contributed by atoms with Crippen LogP contribution in [0.3, 0.4) is 0 Å². The number of methoxy groups -OCH3 is 1. The molecule has 5 nitrogen and oxygen atoms in total. The van der Waals surface area contributed by atoms with Crippen molar-refractivity contribution in [2.75, 3.05) is 20.3 Å². The van der Waals surface area contributed by atoms with E-state index in [0.717, 1.165) is 6.07 Å². The zero-order valence-electron chi connectivity index (χ0n) is 13.9. The van der Waals surface area contributed by atoms with Crippen molar-refractivity contribution in [3.63, 3.8) is 0 Å². The Labute approximate surface area is 148 Å². The molecule has 0 heterocycles. The molecule has 0 bridgehead atoms. The topological polar surface area (TPSA) is 67.8 Å². The number of aliphatic hydroxyl groups is 1. The highest BCUT2D eigenvalue weighted by molar-refractivity contribution is 5.77. The molecule has 8 heteroatoms. The molecule has 140 valence electrons. The van der Waals surface area contributed by atoms with Crippen LogP contribution < -0.4 is 14.8 Å². The van der Waals surface area contributed by atoms with Crippen LogP contribution in [0.5, 0.6) is 11.5 Å². The minimum absolute atomic E-state index is 0.300. The molecule has 0 spiro atoms. The molecule has 0 unspecified atom stereocenters. The molecular weight excluding hydrogens is 351 g/mol. The molecule has 0 aliphatic rings. The Morgan fingerprint density at radius 1 is 1.12 bits per heavy atom. The average Bonchev–Trinajstić information content (AvgIpc) is 2.63. The molecule has 1 amide bonds. The van der Waals surface area contributed by atoms with Crippen LogP contribution >= 0.6 is 0 Å². The quantitative estimate of drug-likeness (QED) is 0.788. The predicted molar refractivity (Wildman–Crippen MR) is 87.9 cm³/mol. The summed E-state index contributed by atoms with van der Waals surface area (Å²) >= 11 is 0. The normalized spacial score (nSPS) is 12.3. The smallest absolute Gasteiger partial charge is 0.416 e. The van der Waals surface area contributed by atoms with E-state index in [0.29, 0.717) is 11.5 Å². The number of aliphatic hydroxyl groups excluding tert-OH is 1. The minimum Gasteiger partial charge on any atom is -0.493 e. The zero-order valence-corrected chi connectivity index (χ0v) is 13.9. The second-order valence-electron chi connectivity index (χ2n) is 5.34. The Hall–Kier alpha value is -2.74. The van der Waals surface area contributed by atoms with Gasteiger partial charge in [-0.25, -0.2) is 0 Å². The summed E-state index contributed by atoms with van der Waals surface area (Å²) in [5, 5.41) is 12.4. The standard InChI is InChI=1S/C18H18F3NO4/c1-25-15-8-4-5-9-16(15)26-11-17(24)22-10-14(23)12-6-2-3-7-13(12)18(19,20)21/h2-9,14,23H,10-11H2,1H3,(H,22,24)/t14-/m1/s1. The summed E-state index contributed by atoms with van der Waals surface area (Å²) in [5.74, 6) is 0.215. The Morgan fingerprint density at radius 2 is 1.73 bits per heavy atom. The number of carbonyl (C=O) groups excluding carboxylic acids is 1. The van der Waals surface area contributed by atoms with Gasteiger partial charge in [0.15, 0.2) is 18.1 Å². The van der Waals surface area contributed by atoms with Gasteiger partial charge in [-0.1, -0.05) is 30.3 Å². The molecule has 0 aromatic heterocycles. The van der Waals surface area contributed by atoms with Crippen molar-refractivity contribution in [2.24, 2.45) is 0 Å². The van der Waals surface area contributed by atoms with E-state index in [2.05, 4.69) is 5.32 Å². The lowest BCUT2D eigenvalue weighted by Gasteiger charge is -2.18. The first kappa shape index (κ1) is 19.6. The summed E-state index contributed by atoms with van der Waals surface area (Å²) in [6, 6.07) is 11.4. The van der Waals surface area contributed by atoms with Crippen LogP contribution in [0.2, 0.25) is 0 Å². The van der Waals surface area contributed by atoms with Gasteiger partial charge in [-0.15, -0.1) is 0 Å². The molecule has 2 aromatic carbocycles. The monoisotopic (exact) mass is 369 g/mol. The van der Waals surface area contributed by atoms with Gasteiger partial charge in [0.1, 0.15) is 0 Å². The summed E-state index contributed by atoms with van der Waals surface area (Å²) in [5.41, 5.74) is -1.24. The van der Waals surface area contributed by atoms with Crippen molar-refractivity contribution >= 4 is 5.91 Å². The Balaban J connectivity index is 1.92. The number of amides is 1. The maximum atomic E-state index is 13.0. The van der Waals surface area contributed by atoms with Crippen molar-refractivity contribution in [3.05, 3.63) is 59.7 Å². The predicted octanol–water partition coefficient (Wildman–Crippen LogP) is 2.94. The molecule has 0 aliphatic heterocycles. The second-order valence-corrected chi connectivity index (χ2v) is 5.34. The van der Waals surface area contributed by atoms with Crippen LogP contribution in [-0.4, -0.2) is 31.3 Å². The molecule has 26 heavy (non-hydrogen) atoms. The molecule has 0 aliphatic carbocycles. The van der Waals surface area contributed by atoms with E-state index in [1.807, 2.05) is 0 Å². The first-order valence-electron chi connectivity index (χ1n) is 7.69.